The minimum absolute atomic E-state index is 0.0143. The second kappa shape index (κ2) is 5.07. The molecule has 0 bridgehead atoms. The molecular weight excluding hydrogens is 238 g/mol. The van der Waals surface area contributed by atoms with Crippen LogP contribution in [-0.4, -0.2) is 35.1 Å². The molecule has 2 rings (SSSR count). The van der Waals surface area contributed by atoms with Crippen LogP contribution in [0.5, 0.6) is 0 Å². The van der Waals surface area contributed by atoms with Gasteiger partial charge in [0.2, 0.25) is 0 Å². The van der Waals surface area contributed by atoms with E-state index in [1.807, 2.05) is 6.92 Å². The van der Waals surface area contributed by atoms with Crippen LogP contribution in [0.4, 0.5) is 0 Å². The molecule has 0 radical (unpaired) electrons. The maximum absolute atomic E-state index is 12.2. The number of nitrogens with zero attached hydrogens (tertiary/aromatic N) is 1. The van der Waals surface area contributed by atoms with E-state index < -0.39 is 0 Å². The fourth-order valence-corrected chi connectivity index (χ4v) is 2.22. The predicted molar refractivity (Wildman–Crippen MR) is 67.1 cm³/mol. The molecule has 1 saturated heterocycles. The number of aliphatic hydroxyl groups excluding tert-OH is 1. The fourth-order valence-electron chi connectivity index (χ4n) is 2.09. The zero-order valence-corrected chi connectivity index (χ0v) is 10.5. The summed E-state index contributed by atoms with van der Waals surface area (Å²) >= 11 is 5.79. The normalized spacial score (nSPS) is 24.8. The lowest BCUT2D eigenvalue weighted by molar-refractivity contribution is 0.0297. The van der Waals surface area contributed by atoms with Crippen molar-refractivity contribution in [2.45, 2.75) is 19.4 Å². The number of hydrogen-bond donors (Lipinski definition) is 1. The standard InChI is InChI=1S/C13H16ClNO2/c1-9-8-15(7-6-12(9)16)13(17)10-2-4-11(14)5-3-10/h2-5,9,12,16H,6-8H2,1H3. The molecule has 1 heterocycles. The monoisotopic (exact) mass is 253 g/mol. The van der Waals surface area contributed by atoms with E-state index >= 15 is 0 Å². The number of carbonyl (C=O) groups excluding carboxylic acids is 1. The molecule has 1 N–H and O–H groups in total. The third kappa shape index (κ3) is 2.79. The van der Waals surface area contributed by atoms with Crippen molar-refractivity contribution in [3.8, 4) is 0 Å². The van der Waals surface area contributed by atoms with E-state index in [1.165, 1.54) is 0 Å². The van der Waals surface area contributed by atoms with Crippen LogP contribution in [0, 0.1) is 5.92 Å². The summed E-state index contributed by atoms with van der Waals surface area (Å²) in [7, 11) is 0. The SMILES string of the molecule is CC1CN(C(=O)c2ccc(Cl)cc2)CCC1O. The molecule has 0 saturated carbocycles. The zero-order chi connectivity index (χ0) is 12.4. The van der Waals surface area contributed by atoms with Gasteiger partial charge in [0.1, 0.15) is 0 Å². The van der Waals surface area contributed by atoms with Crippen LogP contribution >= 0.6 is 11.6 Å². The summed E-state index contributed by atoms with van der Waals surface area (Å²) in [5.74, 6) is 0.153. The Kier molecular flexibility index (Phi) is 3.69. The molecule has 1 aliphatic rings. The first kappa shape index (κ1) is 12.4. The van der Waals surface area contributed by atoms with Crippen molar-refractivity contribution in [2.24, 2.45) is 5.92 Å². The Morgan fingerprint density at radius 2 is 2.06 bits per heavy atom. The average Bonchev–Trinajstić information content (AvgIpc) is 2.33. The van der Waals surface area contributed by atoms with Crippen LogP contribution in [0.1, 0.15) is 23.7 Å². The predicted octanol–water partition coefficient (Wildman–Crippen LogP) is 2.18. The molecule has 1 aliphatic heterocycles. The molecule has 4 heteroatoms. The number of carbonyl (C=O) groups is 1. The Morgan fingerprint density at radius 3 is 2.65 bits per heavy atom. The van der Waals surface area contributed by atoms with Gasteiger partial charge in [-0.3, -0.25) is 4.79 Å². The van der Waals surface area contributed by atoms with Crippen LogP contribution in [0.15, 0.2) is 24.3 Å². The Balaban J connectivity index is 2.08. The number of benzene rings is 1. The van der Waals surface area contributed by atoms with Crippen molar-refractivity contribution in [3.63, 3.8) is 0 Å². The van der Waals surface area contributed by atoms with E-state index in [1.54, 1.807) is 29.2 Å². The number of likely N-dealkylation sites (tertiary alicyclic amines) is 1. The zero-order valence-electron chi connectivity index (χ0n) is 9.77. The first-order chi connectivity index (χ1) is 8.08. The summed E-state index contributed by atoms with van der Waals surface area (Å²) in [4.78, 5) is 14.0. The summed E-state index contributed by atoms with van der Waals surface area (Å²) in [6.07, 6.45) is 0.366. The summed E-state index contributed by atoms with van der Waals surface area (Å²) in [6.45, 7) is 3.20. The quantitative estimate of drug-likeness (QED) is 0.834. The largest absolute Gasteiger partial charge is 0.393 e. The van der Waals surface area contributed by atoms with Gasteiger partial charge in [0, 0.05) is 23.7 Å². The molecule has 1 aromatic rings. The number of halogens is 1. The number of piperidine rings is 1. The topological polar surface area (TPSA) is 40.5 Å². The minimum Gasteiger partial charge on any atom is -0.393 e. The van der Waals surface area contributed by atoms with Gasteiger partial charge in [-0.15, -0.1) is 0 Å². The van der Waals surface area contributed by atoms with Crippen molar-refractivity contribution < 1.29 is 9.90 Å². The molecule has 0 spiro atoms. The van der Waals surface area contributed by atoms with E-state index in [0.717, 1.165) is 0 Å². The minimum atomic E-state index is -0.288. The molecule has 2 unspecified atom stereocenters. The molecule has 92 valence electrons. The van der Waals surface area contributed by atoms with Gasteiger partial charge in [-0.25, -0.2) is 0 Å². The van der Waals surface area contributed by atoms with Crippen molar-refractivity contribution in [3.05, 3.63) is 34.9 Å². The molecular formula is C13H16ClNO2. The maximum atomic E-state index is 12.2. The van der Waals surface area contributed by atoms with Gasteiger partial charge >= 0.3 is 0 Å². The molecule has 17 heavy (non-hydrogen) atoms. The Morgan fingerprint density at radius 1 is 1.41 bits per heavy atom. The van der Waals surface area contributed by atoms with Crippen molar-refractivity contribution >= 4 is 17.5 Å². The molecule has 2 atom stereocenters. The molecule has 0 aliphatic carbocycles. The molecule has 3 nitrogen and oxygen atoms in total. The Labute approximate surface area is 106 Å². The molecule has 0 aromatic heterocycles. The van der Waals surface area contributed by atoms with Gasteiger partial charge in [-0.1, -0.05) is 18.5 Å². The highest BCUT2D eigenvalue weighted by molar-refractivity contribution is 6.30. The lowest BCUT2D eigenvalue weighted by Gasteiger charge is -2.34. The van der Waals surface area contributed by atoms with Gasteiger partial charge in [0.25, 0.3) is 5.91 Å². The van der Waals surface area contributed by atoms with E-state index in [-0.39, 0.29) is 17.9 Å². The first-order valence-corrected chi connectivity index (χ1v) is 6.18. The van der Waals surface area contributed by atoms with E-state index in [9.17, 15) is 9.90 Å². The smallest absolute Gasteiger partial charge is 0.253 e. The van der Waals surface area contributed by atoms with Crippen LogP contribution in [0.3, 0.4) is 0 Å². The van der Waals surface area contributed by atoms with Crippen molar-refractivity contribution in [1.29, 1.82) is 0 Å². The Hall–Kier alpha value is -1.06. The number of rotatable bonds is 1. The highest BCUT2D eigenvalue weighted by atomic mass is 35.5. The summed E-state index contributed by atoms with van der Waals surface area (Å²) < 4.78 is 0. The van der Waals surface area contributed by atoms with Crippen LogP contribution in [0.2, 0.25) is 5.02 Å². The second-order valence-electron chi connectivity index (χ2n) is 4.59. The van der Waals surface area contributed by atoms with E-state index in [4.69, 9.17) is 11.6 Å². The highest BCUT2D eigenvalue weighted by Crippen LogP contribution is 2.19. The lowest BCUT2D eigenvalue weighted by atomic mass is 9.96. The van der Waals surface area contributed by atoms with Gasteiger partial charge in [0.15, 0.2) is 0 Å². The highest BCUT2D eigenvalue weighted by Gasteiger charge is 2.27. The average molecular weight is 254 g/mol. The summed E-state index contributed by atoms with van der Waals surface area (Å²) in [6, 6.07) is 6.91. The van der Waals surface area contributed by atoms with Crippen LogP contribution in [0.25, 0.3) is 0 Å². The number of amides is 1. The fraction of sp³-hybridized carbons (Fsp3) is 0.462. The summed E-state index contributed by atoms with van der Waals surface area (Å²) in [5, 5.41) is 10.3. The third-order valence-electron chi connectivity index (χ3n) is 3.24. The molecule has 1 aromatic carbocycles. The van der Waals surface area contributed by atoms with Gasteiger partial charge in [0.05, 0.1) is 6.10 Å². The first-order valence-electron chi connectivity index (χ1n) is 5.81. The molecule has 1 amide bonds. The lowest BCUT2D eigenvalue weighted by Crippen LogP contribution is -2.44. The Bertz CT molecular complexity index is 404. The van der Waals surface area contributed by atoms with E-state index in [0.29, 0.717) is 30.1 Å². The number of hydrogen-bond acceptors (Lipinski definition) is 2. The number of aliphatic hydroxyl groups is 1. The van der Waals surface area contributed by atoms with Gasteiger partial charge in [-0.2, -0.15) is 0 Å². The van der Waals surface area contributed by atoms with Gasteiger partial charge < -0.3 is 10.0 Å². The van der Waals surface area contributed by atoms with Crippen LogP contribution < -0.4 is 0 Å². The van der Waals surface area contributed by atoms with Crippen molar-refractivity contribution in [2.75, 3.05) is 13.1 Å². The van der Waals surface area contributed by atoms with Crippen LogP contribution in [-0.2, 0) is 0 Å². The van der Waals surface area contributed by atoms with Crippen molar-refractivity contribution in [1.82, 2.24) is 4.90 Å². The maximum Gasteiger partial charge on any atom is 0.253 e. The third-order valence-corrected chi connectivity index (χ3v) is 3.49. The van der Waals surface area contributed by atoms with Gasteiger partial charge in [-0.05, 0) is 36.6 Å². The molecule has 1 fully saturated rings. The van der Waals surface area contributed by atoms with E-state index in [2.05, 4.69) is 0 Å². The second-order valence-corrected chi connectivity index (χ2v) is 5.03. The summed E-state index contributed by atoms with van der Waals surface area (Å²) in [5.41, 5.74) is 0.651.